The van der Waals surface area contributed by atoms with Crippen LogP contribution >= 0.6 is 0 Å². The molecule has 0 saturated heterocycles. The number of nitrogens with one attached hydrogen (secondary N) is 2. The summed E-state index contributed by atoms with van der Waals surface area (Å²) in [6.45, 7) is 0. The second kappa shape index (κ2) is 9.12. The van der Waals surface area contributed by atoms with Gasteiger partial charge in [0, 0.05) is 24.9 Å². The molecule has 1 saturated carbocycles. The van der Waals surface area contributed by atoms with Crippen LogP contribution in [0.3, 0.4) is 0 Å². The van der Waals surface area contributed by atoms with E-state index in [0.29, 0.717) is 5.69 Å². The van der Waals surface area contributed by atoms with Crippen molar-refractivity contribution in [2.24, 2.45) is 13.0 Å². The number of fused-ring (bicyclic) bond motifs is 2. The maximum atomic E-state index is 11.6. The number of aromatic amines is 1. The zero-order valence-electron chi connectivity index (χ0n) is 17.9. The smallest absolute Gasteiger partial charge is 0.272 e. The molecule has 31 heavy (non-hydrogen) atoms. The number of hydrogen-bond acceptors (Lipinski definition) is 4. The van der Waals surface area contributed by atoms with Gasteiger partial charge < -0.3 is 5.32 Å². The lowest BCUT2D eigenvalue weighted by Crippen LogP contribution is -2.18. The topological polar surface area (TPSA) is 92.7 Å². The minimum absolute atomic E-state index is 0.0898. The molecule has 0 unspecified atom stereocenters. The van der Waals surface area contributed by atoms with Crippen molar-refractivity contribution in [3.05, 3.63) is 70.3 Å². The van der Waals surface area contributed by atoms with Crippen molar-refractivity contribution in [2.45, 2.75) is 32.1 Å². The number of aromatic nitrogens is 4. The predicted molar refractivity (Wildman–Crippen MR) is 122 cm³/mol. The first-order valence-corrected chi connectivity index (χ1v) is 10.7. The van der Waals surface area contributed by atoms with E-state index in [9.17, 15) is 9.59 Å². The number of hydrogen-bond donors (Lipinski definition) is 2. The molecule has 2 N–H and O–H groups in total. The quantitative estimate of drug-likeness (QED) is 0.531. The number of benzene rings is 2. The monoisotopic (exact) mass is 417 g/mol. The summed E-state index contributed by atoms with van der Waals surface area (Å²) in [6, 6.07) is 15.4. The molecule has 1 aliphatic rings. The number of amides is 1. The largest absolute Gasteiger partial charge is 0.354 e. The summed E-state index contributed by atoms with van der Waals surface area (Å²) in [5.74, 6) is 0.726. The molecule has 1 aliphatic carbocycles. The van der Waals surface area contributed by atoms with Crippen molar-refractivity contribution in [1.82, 2.24) is 25.3 Å². The van der Waals surface area contributed by atoms with Gasteiger partial charge in [0.1, 0.15) is 0 Å². The lowest BCUT2D eigenvalue weighted by atomic mass is 9.81. The number of carbonyl (C=O) groups is 1. The van der Waals surface area contributed by atoms with E-state index in [4.69, 9.17) is 0 Å². The summed E-state index contributed by atoms with van der Waals surface area (Å²) in [6.07, 6.45) is 6.28. The van der Waals surface area contributed by atoms with E-state index >= 15 is 0 Å². The van der Waals surface area contributed by atoms with Gasteiger partial charge in [0.05, 0.1) is 16.6 Å². The van der Waals surface area contributed by atoms with E-state index in [0.717, 1.165) is 39.7 Å². The summed E-state index contributed by atoms with van der Waals surface area (Å²) in [4.78, 5) is 23.1. The molecule has 0 spiro atoms. The highest BCUT2D eigenvalue weighted by atomic mass is 16.2. The first-order chi connectivity index (χ1) is 15.1. The number of para-hydroxylation sites is 1. The summed E-state index contributed by atoms with van der Waals surface area (Å²) in [7, 11) is 3.43. The minimum atomic E-state index is -0.151. The molecule has 7 heteroatoms. The van der Waals surface area contributed by atoms with Gasteiger partial charge in [0.15, 0.2) is 5.69 Å². The minimum Gasteiger partial charge on any atom is -0.354 e. The Morgan fingerprint density at radius 2 is 1.77 bits per heavy atom. The normalized spacial score (nSPS) is 13.5. The van der Waals surface area contributed by atoms with Gasteiger partial charge in [0.2, 0.25) is 0 Å². The molecule has 0 atom stereocenters. The summed E-state index contributed by atoms with van der Waals surface area (Å²) < 4.78 is 1.71. The van der Waals surface area contributed by atoms with E-state index in [2.05, 4.69) is 20.6 Å². The first-order valence-electron chi connectivity index (χ1n) is 10.7. The molecule has 2 aromatic heterocycles. The predicted octanol–water partition coefficient (Wildman–Crippen LogP) is 3.59. The van der Waals surface area contributed by atoms with Crippen LogP contribution in [0.4, 0.5) is 0 Å². The Morgan fingerprint density at radius 1 is 1.10 bits per heavy atom. The maximum absolute atomic E-state index is 11.6. The fourth-order valence-corrected chi connectivity index (χ4v) is 3.98. The molecule has 0 bridgehead atoms. The van der Waals surface area contributed by atoms with Gasteiger partial charge in [-0.15, -0.1) is 0 Å². The van der Waals surface area contributed by atoms with Gasteiger partial charge in [-0.2, -0.15) is 10.2 Å². The van der Waals surface area contributed by atoms with E-state index in [-0.39, 0.29) is 11.5 Å². The Balaban J connectivity index is 0.000000152. The first kappa shape index (κ1) is 20.8. The van der Waals surface area contributed by atoms with Crippen molar-refractivity contribution in [3.8, 4) is 0 Å². The Bertz CT molecular complexity index is 1270. The van der Waals surface area contributed by atoms with Gasteiger partial charge in [-0.3, -0.25) is 14.3 Å². The summed E-state index contributed by atoms with van der Waals surface area (Å²) >= 11 is 0. The SMILES string of the molecule is CNC(=O)c1nn(C)c2ccccc12.O=c1[nH]nc(CCC2CCC2)c2ccccc12. The van der Waals surface area contributed by atoms with Crippen LogP contribution in [-0.2, 0) is 13.5 Å². The Kier molecular flexibility index (Phi) is 6.11. The Hall–Kier alpha value is -3.48. The molecule has 5 rings (SSSR count). The molecule has 2 heterocycles. The molecule has 4 aromatic rings. The highest BCUT2D eigenvalue weighted by molar-refractivity contribution is 6.04. The van der Waals surface area contributed by atoms with E-state index in [1.807, 2.05) is 55.6 Å². The van der Waals surface area contributed by atoms with E-state index in [1.54, 1.807) is 11.7 Å². The molecule has 1 fully saturated rings. The summed E-state index contributed by atoms with van der Waals surface area (Å²) in [5.41, 5.74) is 2.39. The molecule has 2 aromatic carbocycles. The Labute approximate surface area is 180 Å². The number of aryl methyl sites for hydroxylation is 2. The lowest BCUT2D eigenvalue weighted by molar-refractivity contribution is 0.0959. The third kappa shape index (κ3) is 4.35. The fraction of sp³-hybridized carbons (Fsp3) is 0.333. The molecular weight excluding hydrogens is 390 g/mol. The highest BCUT2D eigenvalue weighted by Crippen LogP contribution is 2.30. The van der Waals surface area contributed by atoms with E-state index in [1.165, 1.54) is 25.7 Å². The standard InChI is InChI=1S/C14H16N2O.C10H11N3O/c17-14-12-7-2-1-6-11(12)13(15-16-14)9-8-10-4-3-5-10;1-11-10(14)9-7-5-3-4-6-8(7)13(2)12-9/h1-2,6-7,10H,3-5,8-9H2,(H,16,17);3-6H,1-2H3,(H,11,14). The average molecular weight is 418 g/mol. The second-order valence-corrected chi connectivity index (χ2v) is 7.95. The molecule has 7 nitrogen and oxygen atoms in total. The third-order valence-corrected chi connectivity index (χ3v) is 5.99. The van der Waals surface area contributed by atoms with Crippen molar-refractivity contribution in [2.75, 3.05) is 7.05 Å². The summed E-state index contributed by atoms with van der Waals surface area (Å²) in [5, 5.41) is 16.2. The van der Waals surface area contributed by atoms with Crippen LogP contribution < -0.4 is 10.9 Å². The van der Waals surface area contributed by atoms with Crippen molar-refractivity contribution >= 4 is 27.6 Å². The molecule has 0 radical (unpaired) electrons. The number of H-pyrrole nitrogens is 1. The van der Waals surface area contributed by atoms with E-state index < -0.39 is 0 Å². The molecule has 1 amide bonds. The van der Waals surface area contributed by atoms with Crippen molar-refractivity contribution in [1.29, 1.82) is 0 Å². The highest BCUT2D eigenvalue weighted by Gasteiger charge is 2.18. The van der Waals surface area contributed by atoms with Crippen molar-refractivity contribution in [3.63, 3.8) is 0 Å². The van der Waals surface area contributed by atoms with Crippen LogP contribution in [0.2, 0.25) is 0 Å². The zero-order chi connectivity index (χ0) is 21.8. The van der Waals surface area contributed by atoms with Crippen LogP contribution in [-0.4, -0.2) is 32.9 Å². The number of nitrogens with zero attached hydrogens (tertiary/aromatic N) is 3. The lowest BCUT2D eigenvalue weighted by Gasteiger charge is -2.24. The average Bonchev–Trinajstić information content (AvgIpc) is 3.11. The zero-order valence-corrected chi connectivity index (χ0v) is 17.9. The number of rotatable bonds is 4. The maximum Gasteiger partial charge on any atom is 0.272 e. The van der Waals surface area contributed by atoms with Crippen molar-refractivity contribution < 1.29 is 4.79 Å². The van der Waals surface area contributed by atoms with Crippen LogP contribution in [0.15, 0.2) is 53.3 Å². The van der Waals surface area contributed by atoms with Crippen LogP contribution in [0, 0.1) is 5.92 Å². The van der Waals surface area contributed by atoms with Gasteiger partial charge in [-0.25, -0.2) is 5.10 Å². The second-order valence-electron chi connectivity index (χ2n) is 7.95. The van der Waals surface area contributed by atoms with Gasteiger partial charge in [-0.1, -0.05) is 55.7 Å². The van der Waals surface area contributed by atoms with Gasteiger partial charge in [-0.05, 0) is 30.9 Å². The van der Waals surface area contributed by atoms with Crippen LogP contribution in [0.25, 0.3) is 21.7 Å². The molecule has 160 valence electrons. The Morgan fingerprint density at radius 3 is 2.45 bits per heavy atom. The molecular formula is C24H27N5O2. The van der Waals surface area contributed by atoms with Crippen LogP contribution in [0.5, 0.6) is 0 Å². The van der Waals surface area contributed by atoms with Gasteiger partial charge in [0.25, 0.3) is 11.5 Å². The molecule has 0 aliphatic heterocycles. The van der Waals surface area contributed by atoms with Gasteiger partial charge >= 0.3 is 0 Å². The fourth-order valence-electron chi connectivity index (χ4n) is 3.98. The number of carbonyl (C=O) groups excluding carboxylic acids is 1. The van der Waals surface area contributed by atoms with Crippen LogP contribution in [0.1, 0.15) is 41.9 Å². The third-order valence-electron chi connectivity index (χ3n) is 5.99.